The highest BCUT2D eigenvalue weighted by molar-refractivity contribution is 5.88. The standard InChI is InChI=1S/C15H15N5O2/c1-11-10-20(8-2-7-16)19-14(11)9-17-18-13-5-3-12(4-6-13)15(21)22/h3-6,9-10,18H,2,8H2,1H3,(H,21,22)/b17-9+. The molecule has 0 unspecified atom stereocenters. The van der Waals surface area contributed by atoms with Crippen LogP contribution in [0.3, 0.4) is 0 Å². The van der Waals surface area contributed by atoms with Gasteiger partial charge in [0.05, 0.1) is 36.5 Å². The van der Waals surface area contributed by atoms with E-state index in [1.54, 1.807) is 23.0 Å². The summed E-state index contributed by atoms with van der Waals surface area (Å²) in [5, 5.41) is 25.8. The van der Waals surface area contributed by atoms with E-state index in [1.807, 2.05) is 13.1 Å². The van der Waals surface area contributed by atoms with Gasteiger partial charge >= 0.3 is 5.97 Å². The largest absolute Gasteiger partial charge is 0.478 e. The number of nitrogens with zero attached hydrogens (tertiary/aromatic N) is 4. The Kier molecular flexibility index (Phi) is 4.88. The number of rotatable bonds is 6. The van der Waals surface area contributed by atoms with Gasteiger partial charge in [0, 0.05) is 6.20 Å². The Bertz CT molecular complexity index is 725. The number of aromatic carboxylic acids is 1. The fourth-order valence-electron chi connectivity index (χ4n) is 1.80. The number of benzene rings is 1. The molecule has 0 aliphatic carbocycles. The highest BCUT2D eigenvalue weighted by atomic mass is 16.4. The lowest BCUT2D eigenvalue weighted by Crippen LogP contribution is -1.99. The van der Waals surface area contributed by atoms with E-state index >= 15 is 0 Å². The first-order chi connectivity index (χ1) is 10.6. The molecule has 1 aromatic heterocycles. The lowest BCUT2D eigenvalue weighted by Gasteiger charge is -2.00. The topological polar surface area (TPSA) is 103 Å². The number of hydrazone groups is 1. The van der Waals surface area contributed by atoms with Crippen LogP contribution in [0.2, 0.25) is 0 Å². The van der Waals surface area contributed by atoms with Crippen molar-refractivity contribution < 1.29 is 9.90 Å². The van der Waals surface area contributed by atoms with Crippen molar-refractivity contribution in [1.82, 2.24) is 9.78 Å². The van der Waals surface area contributed by atoms with Gasteiger partial charge in [-0.05, 0) is 36.8 Å². The maximum absolute atomic E-state index is 10.7. The van der Waals surface area contributed by atoms with E-state index in [2.05, 4.69) is 21.7 Å². The van der Waals surface area contributed by atoms with Crippen molar-refractivity contribution in [2.24, 2.45) is 5.10 Å². The van der Waals surface area contributed by atoms with Crippen LogP contribution in [0.25, 0.3) is 0 Å². The molecule has 1 heterocycles. The Morgan fingerprint density at radius 2 is 2.23 bits per heavy atom. The lowest BCUT2D eigenvalue weighted by atomic mass is 10.2. The molecule has 7 heteroatoms. The van der Waals surface area contributed by atoms with Crippen molar-refractivity contribution in [3.05, 3.63) is 47.3 Å². The molecule has 0 spiro atoms. The average Bonchev–Trinajstić information content (AvgIpc) is 2.86. The van der Waals surface area contributed by atoms with Crippen LogP contribution in [0.5, 0.6) is 0 Å². The van der Waals surface area contributed by atoms with E-state index in [0.29, 0.717) is 24.3 Å². The number of carboxylic acid groups (broad SMARTS) is 1. The van der Waals surface area contributed by atoms with Crippen molar-refractivity contribution in [3.8, 4) is 6.07 Å². The van der Waals surface area contributed by atoms with Crippen LogP contribution in [0.1, 0.15) is 28.0 Å². The number of hydrogen-bond acceptors (Lipinski definition) is 5. The minimum atomic E-state index is -0.964. The summed E-state index contributed by atoms with van der Waals surface area (Å²) in [5.74, 6) is -0.964. The first-order valence-corrected chi connectivity index (χ1v) is 6.63. The van der Waals surface area contributed by atoms with Crippen LogP contribution >= 0.6 is 0 Å². The molecular formula is C15H15N5O2. The first kappa shape index (κ1) is 15.3. The minimum Gasteiger partial charge on any atom is -0.478 e. The zero-order chi connectivity index (χ0) is 15.9. The average molecular weight is 297 g/mol. The fraction of sp³-hybridized carbons (Fsp3) is 0.200. The van der Waals surface area contributed by atoms with Crippen molar-refractivity contribution in [3.63, 3.8) is 0 Å². The van der Waals surface area contributed by atoms with E-state index < -0.39 is 5.97 Å². The van der Waals surface area contributed by atoms with E-state index in [4.69, 9.17) is 10.4 Å². The third-order valence-electron chi connectivity index (χ3n) is 2.95. The molecule has 0 saturated heterocycles. The Labute approximate surface area is 127 Å². The first-order valence-electron chi connectivity index (χ1n) is 6.63. The number of carboxylic acids is 1. The van der Waals surface area contributed by atoms with Gasteiger partial charge in [-0.3, -0.25) is 10.1 Å². The second-order valence-corrected chi connectivity index (χ2v) is 4.62. The Balaban J connectivity index is 1.99. The molecule has 0 amide bonds. The Morgan fingerprint density at radius 3 is 2.86 bits per heavy atom. The molecule has 0 bridgehead atoms. The van der Waals surface area contributed by atoms with E-state index in [1.165, 1.54) is 12.1 Å². The summed E-state index contributed by atoms with van der Waals surface area (Å²) in [6.07, 6.45) is 3.86. The quantitative estimate of drug-likeness (QED) is 0.628. The third-order valence-corrected chi connectivity index (χ3v) is 2.95. The number of hydrogen-bond donors (Lipinski definition) is 2. The van der Waals surface area contributed by atoms with E-state index in [0.717, 1.165) is 5.56 Å². The van der Waals surface area contributed by atoms with Gasteiger partial charge < -0.3 is 5.11 Å². The maximum atomic E-state index is 10.7. The number of aryl methyl sites for hydroxylation is 2. The van der Waals surface area contributed by atoms with Gasteiger partial charge in [-0.15, -0.1) is 0 Å². The summed E-state index contributed by atoms with van der Waals surface area (Å²) in [6, 6.07) is 8.35. The van der Waals surface area contributed by atoms with Crippen LogP contribution in [0, 0.1) is 18.3 Å². The van der Waals surface area contributed by atoms with Gasteiger partial charge in [0.15, 0.2) is 0 Å². The second kappa shape index (κ2) is 7.04. The Hall–Kier alpha value is -3.14. The molecular weight excluding hydrogens is 282 g/mol. The number of nitrogens with one attached hydrogen (secondary N) is 1. The van der Waals surface area contributed by atoms with Crippen molar-refractivity contribution >= 4 is 17.9 Å². The zero-order valence-electron chi connectivity index (χ0n) is 12.0. The van der Waals surface area contributed by atoms with Gasteiger partial charge in [0.1, 0.15) is 5.69 Å². The molecule has 0 saturated carbocycles. The normalized spacial score (nSPS) is 10.5. The molecule has 112 valence electrons. The molecule has 2 rings (SSSR count). The van der Waals surface area contributed by atoms with Crippen LogP contribution in [-0.4, -0.2) is 27.1 Å². The van der Waals surface area contributed by atoms with E-state index in [-0.39, 0.29) is 5.56 Å². The minimum absolute atomic E-state index is 0.224. The molecule has 2 N–H and O–H groups in total. The van der Waals surface area contributed by atoms with Crippen LogP contribution in [0.15, 0.2) is 35.6 Å². The SMILES string of the molecule is Cc1cn(CCC#N)nc1/C=N/Nc1ccc(C(=O)O)cc1. The molecule has 7 nitrogen and oxygen atoms in total. The maximum Gasteiger partial charge on any atom is 0.335 e. The van der Waals surface area contributed by atoms with Gasteiger partial charge in [-0.1, -0.05) is 0 Å². The Morgan fingerprint density at radius 1 is 1.50 bits per heavy atom. The summed E-state index contributed by atoms with van der Waals surface area (Å²) in [7, 11) is 0. The van der Waals surface area contributed by atoms with Crippen molar-refractivity contribution in [1.29, 1.82) is 5.26 Å². The van der Waals surface area contributed by atoms with Crippen LogP contribution < -0.4 is 5.43 Å². The van der Waals surface area contributed by atoms with Crippen LogP contribution in [-0.2, 0) is 6.54 Å². The summed E-state index contributed by atoms with van der Waals surface area (Å²) in [4.78, 5) is 10.7. The molecule has 1 aromatic carbocycles. The van der Waals surface area contributed by atoms with Crippen LogP contribution in [0.4, 0.5) is 5.69 Å². The summed E-state index contributed by atoms with van der Waals surface area (Å²) in [6.45, 7) is 2.47. The molecule has 0 aliphatic heterocycles. The number of nitriles is 1. The molecule has 0 atom stereocenters. The smallest absolute Gasteiger partial charge is 0.335 e. The highest BCUT2D eigenvalue weighted by Gasteiger charge is 2.03. The van der Waals surface area contributed by atoms with Crippen molar-refractivity contribution in [2.75, 3.05) is 5.43 Å². The molecule has 2 aromatic rings. The molecule has 0 aliphatic rings. The van der Waals surface area contributed by atoms with E-state index in [9.17, 15) is 4.79 Å². The number of anilines is 1. The van der Waals surface area contributed by atoms with Gasteiger partial charge in [-0.2, -0.15) is 15.5 Å². The predicted octanol–water partition coefficient (Wildman–Crippen LogP) is 2.25. The molecule has 0 fully saturated rings. The molecule has 22 heavy (non-hydrogen) atoms. The zero-order valence-corrected chi connectivity index (χ0v) is 12.0. The summed E-state index contributed by atoms with van der Waals surface area (Å²) >= 11 is 0. The summed E-state index contributed by atoms with van der Waals surface area (Å²) in [5.41, 5.74) is 5.40. The van der Waals surface area contributed by atoms with Crippen molar-refractivity contribution in [2.45, 2.75) is 19.9 Å². The van der Waals surface area contributed by atoms with Gasteiger partial charge in [-0.25, -0.2) is 4.79 Å². The molecule has 0 radical (unpaired) electrons. The second-order valence-electron chi connectivity index (χ2n) is 4.62. The predicted molar refractivity (Wildman–Crippen MR) is 81.8 cm³/mol. The number of carbonyl (C=O) groups is 1. The summed E-state index contributed by atoms with van der Waals surface area (Å²) < 4.78 is 1.71. The number of aromatic nitrogens is 2. The fourth-order valence-corrected chi connectivity index (χ4v) is 1.80. The monoisotopic (exact) mass is 297 g/mol. The van der Waals surface area contributed by atoms with Gasteiger partial charge in [0.2, 0.25) is 0 Å². The van der Waals surface area contributed by atoms with Gasteiger partial charge in [0.25, 0.3) is 0 Å². The third kappa shape index (κ3) is 3.93. The lowest BCUT2D eigenvalue weighted by molar-refractivity contribution is 0.0697. The highest BCUT2D eigenvalue weighted by Crippen LogP contribution is 2.09.